The van der Waals surface area contributed by atoms with E-state index in [1.807, 2.05) is 36.4 Å². The lowest BCUT2D eigenvalue weighted by Gasteiger charge is -2.41. The molecular weight excluding hydrogens is 624 g/mol. The smallest absolute Gasteiger partial charge is 0.331 e. The molecule has 0 radical (unpaired) electrons. The summed E-state index contributed by atoms with van der Waals surface area (Å²) in [5.74, 6) is 0.585. The normalized spacial score (nSPS) is 20.8. The van der Waals surface area contributed by atoms with Gasteiger partial charge in [0.15, 0.2) is 35.4 Å². The Labute approximate surface area is 279 Å². The standard InChI is InChI=1S/C36H40O12/c1-41-26-14-10-24(20-28(26)43-3)13-17-32(38)48-35-30(22-46-31(37)16-12-23-8-6-5-7-9-23)47-36(34(40)33(35)39)45-19-18-25-11-15-27(42-2)29(21-25)44-4/h5-17,20-21,30,33-36,39-40H,18-19,22H2,1-4H3/t30-,33+,34-,35+,36+/m1/s1. The third-order valence-corrected chi connectivity index (χ3v) is 7.43. The first kappa shape index (κ1) is 36.0. The van der Waals surface area contributed by atoms with Crippen LogP contribution in [0.4, 0.5) is 0 Å². The summed E-state index contributed by atoms with van der Waals surface area (Å²) in [5, 5.41) is 22.0. The predicted molar refractivity (Wildman–Crippen MR) is 175 cm³/mol. The lowest BCUT2D eigenvalue weighted by atomic mass is 9.99. The van der Waals surface area contributed by atoms with Crippen LogP contribution in [0.15, 0.2) is 78.9 Å². The van der Waals surface area contributed by atoms with E-state index in [0.717, 1.165) is 17.2 Å². The number of hydrogen-bond acceptors (Lipinski definition) is 12. The lowest BCUT2D eigenvalue weighted by molar-refractivity contribution is -0.303. The second-order valence-electron chi connectivity index (χ2n) is 10.6. The zero-order valence-corrected chi connectivity index (χ0v) is 27.1. The van der Waals surface area contributed by atoms with Gasteiger partial charge in [-0.1, -0.05) is 42.5 Å². The SMILES string of the molecule is COc1ccc(C=CC(=O)O[C@@H]2[C@@H](O)[C@@H](O)[C@@H](OCCc3ccc(OC)c(OC)c3)O[C@@H]2COC(=O)C=Cc2ccccc2)cc1OC. The molecule has 0 bridgehead atoms. The molecule has 1 heterocycles. The number of carbonyl (C=O) groups excluding carboxylic acids is 2. The molecule has 0 saturated carbocycles. The number of hydrogen-bond donors (Lipinski definition) is 2. The second-order valence-corrected chi connectivity index (χ2v) is 10.6. The van der Waals surface area contributed by atoms with Gasteiger partial charge in [0.25, 0.3) is 0 Å². The van der Waals surface area contributed by atoms with Gasteiger partial charge in [-0.05, 0) is 59.5 Å². The Hall–Kier alpha value is -4.88. The highest BCUT2D eigenvalue weighted by Gasteiger charge is 2.47. The molecule has 5 atom stereocenters. The van der Waals surface area contributed by atoms with Crippen molar-refractivity contribution in [1.82, 2.24) is 0 Å². The van der Waals surface area contributed by atoms with Crippen molar-refractivity contribution in [2.75, 3.05) is 41.7 Å². The van der Waals surface area contributed by atoms with Crippen LogP contribution in [-0.4, -0.2) is 94.5 Å². The van der Waals surface area contributed by atoms with Gasteiger partial charge in [-0.15, -0.1) is 0 Å². The zero-order chi connectivity index (χ0) is 34.5. The summed E-state index contributed by atoms with van der Waals surface area (Å²) in [6, 6.07) is 19.6. The molecule has 1 aliphatic heterocycles. The Morgan fingerprint density at radius 2 is 1.35 bits per heavy atom. The number of methoxy groups -OCH3 is 4. The summed E-state index contributed by atoms with van der Waals surface area (Å²) in [4.78, 5) is 25.4. The first-order valence-corrected chi connectivity index (χ1v) is 15.1. The molecule has 0 unspecified atom stereocenters. The summed E-state index contributed by atoms with van der Waals surface area (Å²) < 4.78 is 43.8. The Bertz CT molecular complexity index is 1550. The molecule has 0 aliphatic carbocycles. The summed E-state index contributed by atoms with van der Waals surface area (Å²) in [7, 11) is 6.08. The average Bonchev–Trinajstić information content (AvgIpc) is 3.12. The van der Waals surface area contributed by atoms with Gasteiger partial charge in [0.2, 0.25) is 0 Å². The molecule has 0 amide bonds. The van der Waals surface area contributed by atoms with Gasteiger partial charge in [-0.2, -0.15) is 0 Å². The molecule has 4 rings (SSSR count). The van der Waals surface area contributed by atoms with Gasteiger partial charge in [0.1, 0.15) is 24.9 Å². The Kier molecular flexibility index (Phi) is 13.4. The number of aliphatic hydroxyl groups is 2. The number of benzene rings is 3. The Balaban J connectivity index is 1.44. The van der Waals surface area contributed by atoms with Crippen LogP contribution in [0.2, 0.25) is 0 Å². The van der Waals surface area contributed by atoms with Crippen molar-refractivity contribution >= 4 is 24.1 Å². The molecule has 12 nitrogen and oxygen atoms in total. The van der Waals surface area contributed by atoms with Crippen LogP contribution in [0.5, 0.6) is 23.0 Å². The fraction of sp³-hybridized carbons (Fsp3) is 0.333. The van der Waals surface area contributed by atoms with E-state index in [1.165, 1.54) is 33.5 Å². The highest BCUT2D eigenvalue weighted by molar-refractivity contribution is 5.88. The van der Waals surface area contributed by atoms with Crippen molar-refractivity contribution in [1.29, 1.82) is 0 Å². The first-order valence-electron chi connectivity index (χ1n) is 15.1. The van der Waals surface area contributed by atoms with Crippen LogP contribution < -0.4 is 18.9 Å². The molecule has 2 N–H and O–H groups in total. The van der Waals surface area contributed by atoms with Gasteiger partial charge < -0.3 is 48.1 Å². The van der Waals surface area contributed by atoms with Gasteiger partial charge in [-0.25, -0.2) is 9.59 Å². The van der Waals surface area contributed by atoms with E-state index in [-0.39, 0.29) is 6.61 Å². The molecule has 0 aromatic heterocycles. The monoisotopic (exact) mass is 664 g/mol. The fourth-order valence-electron chi connectivity index (χ4n) is 4.89. The van der Waals surface area contributed by atoms with Crippen molar-refractivity contribution in [2.24, 2.45) is 0 Å². The minimum atomic E-state index is -1.63. The quantitative estimate of drug-likeness (QED) is 0.181. The molecule has 256 valence electrons. The number of carbonyl (C=O) groups is 2. The first-order chi connectivity index (χ1) is 23.3. The van der Waals surface area contributed by atoms with E-state index >= 15 is 0 Å². The number of aliphatic hydroxyl groups excluding tert-OH is 2. The number of ether oxygens (including phenoxy) is 8. The summed E-state index contributed by atoms with van der Waals surface area (Å²) in [6.45, 7) is -0.316. The van der Waals surface area contributed by atoms with Crippen molar-refractivity contribution < 1.29 is 57.7 Å². The van der Waals surface area contributed by atoms with Crippen LogP contribution >= 0.6 is 0 Å². The molecule has 1 saturated heterocycles. The molecule has 3 aromatic rings. The topological polar surface area (TPSA) is 148 Å². The summed E-state index contributed by atoms with van der Waals surface area (Å²) in [6.07, 6.45) is -1.25. The maximum absolute atomic E-state index is 12.9. The third kappa shape index (κ3) is 9.81. The Morgan fingerprint density at radius 1 is 0.729 bits per heavy atom. The molecule has 48 heavy (non-hydrogen) atoms. The lowest BCUT2D eigenvalue weighted by Crippen LogP contribution is -2.60. The number of rotatable bonds is 15. The highest BCUT2D eigenvalue weighted by Crippen LogP contribution is 2.30. The van der Waals surface area contributed by atoms with E-state index in [4.69, 9.17) is 37.9 Å². The van der Waals surface area contributed by atoms with Crippen molar-refractivity contribution in [3.8, 4) is 23.0 Å². The van der Waals surface area contributed by atoms with Crippen LogP contribution in [-0.2, 0) is 35.0 Å². The number of esters is 2. The molecular formula is C36H40O12. The van der Waals surface area contributed by atoms with E-state index in [2.05, 4.69) is 0 Å². The van der Waals surface area contributed by atoms with Crippen molar-refractivity contribution in [2.45, 2.75) is 37.1 Å². The van der Waals surface area contributed by atoms with Gasteiger partial charge in [0, 0.05) is 12.2 Å². The Morgan fingerprint density at radius 3 is 2.04 bits per heavy atom. The largest absolute Gasteiger partial charge is 0.493 e. The van der Waals surface area contributed by atoms with E-state index in [1.54, 1.807) is 43.5 Å². The molecule has 0 spiro atoms. The predicted octanol–water partition coefficient (Wildman–Crippen LogP) is 3.61. The molecule has 1 fully saturated rings. The van der Waals surface area contributed by atoms with Gasteiger partial charge >= 0.3 is 11.9 Å². The summed E-state index contributed by atoms with van der Waals surface area (Å²) in [5.41, 5.74) is 2.27. The maximum Gasteiger partial charge on any atom is 0.331 e. The van der Waals surface area contributed by atoms with Crippen molar-refractivity contribution in [3.63, 3.8) is 0 Å². The van der Waals surface area contributed by atoms with Crippen LogP contribution in [0, 0.1) is 0 Å². The van der Waals surface area contributed by atoms with Crippen LogP contribution in [0.25, 0.3) is 12.2 Å². The highest BCUT2D eigenvalue weighted by atomic mass is 16.7. The van der Waals surface area contributed by atoms with E-state index < -0.39 is 49.3 Å². The minimum absolute atomic E-state index is 0.0920. The van der Waals surface area contributed by atoms with Crippen LogP contribution in [0.1, 0.15) is 16.7 Å². The zero-order valence-electron chi connectivity index (χ0n) is 27.1. The fourth-order valence-corrected chi connectivity index (χ4v) is 4.89. The molecule has 12 heteroatoms. The average molecular weight is 665 g/mol. The minimum Gasteiger partial charge on any atom is -0.493 e. The molecule has 3 aromatic carbocycles. The van der Waals surface area contributed by atoms with E-state index in [9.17, 15) is 19.8 Å². The maximum atomic E-state index is 12.9. The second kappa shape index (κ2) is 17.9. The van der Waals surface area contributed by atoms with Gasteiger partial charge in [-0.3, -0.25) is 0 Å². The third-order valence-electron chi connectivity index (χ3n) is 7.43. The molecule has 1 aliphatic rings. The van der Waals surface area contributed by atoms with E-state index in [0.29, 0.717) is 35.0 Å². The van der Waals surface area contributed by atoms with Crippen LogP contribution in [0.3, 0.4) is 0 Å². The summed E-state index contributed by atoms with van der Waals surface area (Å²) >= 11 is 0. The van der Waals surface area contributed by atoms with Crippen molar-refractivity contribution in [3.05, 3.63) is 95.6 Å². The van der Waals surface area contributed by atoms with Gasteiger partial charge in [0.05, 0.1) is 35.0 Å².